The van der Waals surface area contributed by atoms with Crippen LogP contribution >= 0.6 is 0 Å². The molecule has 0 aliphatic heterocycles. The van der Waals surface area contributed by atoms with E-state index in [0.29, 0.717) is 0 Å². The summed E-state index contributed by atoms with van der Waals surface area (Å²) in [6, 6.07) is 0. The van der Waals surface area contributed by atoms with E-state index >= 15 is 0 Å². The van der Waals surface area contributed by atoms with E-state index < -0.39 is 0 Å². The molecule has 0 nitrogen and oxygen atoms in total. The van der Waals surface area contributed by atoms with E-state index in [2.05, 4.69) is 6.92 Å². The van der Waals surface area contributed by atoms with Gasteiger partial charge in [-0.1, -0.05) is 12.2 Å². The second-order valence-corrected chi connectivity index (χ2v) is 0.569. The summed E-state index contributed by atoms with van der Waals surface area (Å²) in [6.07, 6.45) is 3.64. The molecule has 0 saturated carbocycles. The van der Waals surface area contributed by atoms with Crippen LogP contribution in [0.4, 0.5) is 0 Å². The summed E-state index contributed by atoms with van der Waals surface area (Å²) in [7, 11) is 0. The Morgan fingerprint density at radius 3 is 1.80 bits per heavy atom. The van der Waals surface area contributed by atoms with Gasteiger partial charge in [-0.05, 0) is 13.8 Å². The van der Waals surface area contributed by atoms with Crippen LogP contribution in [0.3, 0.4) is 0 Å². The third kappa shape index (κ3) is 12.0. The van der Waals surface area contributed by atoms with E-state index in [9.17, 15) is 0 Å². The van der Waals surface area contributed by atoms with Crippen molar-refractivity contribution >= 4 is 27.3 Å². The molecular formula is C4H9Pb. The van der Waals surface area contributed by atoms with E-state index in [1.165, 1.54) is 0 Å². The maximum atomic E-state index is 3.42. The molecule has 5 heavy (non-hydrogen) atoms. The van der Waals surface area contributed by atoms with Crippen molar-refractivity contribution in [3.05, 3.63) is 19.1 Å². The van der Waals surface area contributed by atoms with Crippen LogP contribution in [0.15, 0.2) is 12.2 Å². The number of allylic oxidation sites excluding steroid dienone is 2. The number of rotatable bonds is 0. The molecule has 0 aromatic rings. The summed E-state index contributed by atoms with van der Waals surface area (Å²) in [4.78, 5) is 0. The molecule has 3 radical (unpaired) electrons. The molecule has 0 fully saturated rings. The van der Waals surface area contributed by atoms with Crippen LogP contribution in [-0.2, 0) is 0 Å². The fourth-order valence-corrected chi connectivity index (χ4v) is 0. The van der Waals surface area contributed by atoms with Crippen molar-refractivity contribution in [1.82, 2.24) is 0 Å². The van der Waals surface area contributed by atoms with Crippen LogP contribution in [0.25, 0.3) is 0 Å². The normalized spacial score (nSPS) is 7.60. The number of hydrogen-bond donors (Lipinski definition) is 0. The summed E-state index contributed by atoms with van der Waals surface area (Å²) in [5, 5.41) is 0. The van der Waals surface area contributed by atoms with Gasteiger partial charge in [-0.25, -0.2) is 0 Å². The summed E-state index contributed by atoms with van der Waals surface area (Å²) in [6.45, 7) is 5.36. The van der Waals surface area contributed by atoms with Crippen molar-refractivity contribution in [2.45, 2.75) is 6.92 Å². The van der Waals surface area contributed by atoms with Gasteiger partial charge in [0.1, 0.15) is 0 Å². The SMILES string of the molecule is [CH2]/C=C/C.[PbH2]. The van der Waals surface area contributed by atoms with E-state index in [-0.39, 0.29) is 27.3 Å². The van der Waals surface area contributed by atoms with Crippen molar-refractivity contribution in [2.75, 3.05) is 0 Å². The predicted molar refractivity (Wildman–Crippen MR) is 28.7 cm³/mol. The van der Waals surface area contributed by atoms with Gasteiger partial charge in [0.15, 0.2) is 0 Å². The van der Waals surface area contributed by atoms with E-state index in [1.54, 1.807) is 6.08 Å². The molecule has 0 aliphatic carbocycles. The topological polar surface area (TPSA) is 0 Å². The molecule has 0 N–H and O–H groups in total. The molecule has 0 aliphatic rings. The Morgan fingerprint density at radius 2 is 1.80 bits per heavy atom. The average Bonchev–Trinajstić information content (AvgIpc) is 1.37. The molecule has 0 amide bonds. The molecule has 1 heteroatoms. The Morgan fingerprint density at radius 1 is 1.60 bits per heavy atom. The minimum atomic E-state index is 0. The van der Waals surface area contributed by atoms with Gasteiger partial charge in [0.2, 0.25) is 0 Å². The van der Waals surface area contributed by atoms with Crippen molar-refractivity contribution in [3.63, 3.8) is 0 Å². The number of hydrogen-bond acceptors (Lipinski definition) is 0. The van der Waals surface area contributed by atoms with Crippen LogP contribution < -0.4 is 0 Å². The molecule has 0 atom stereocenters. The summed E-state index contributed by atoms with van der Waals surface area (Å²) < 4.78 is 0. The summed E-state index contributed by atoms with van der Waals surface area (Å²) >= 11 is 0. The summed E-state index contributed by atoms with van der Waals surface area (Å²) in [5.41, 5.74) is 0. The Kier molecular flexibility index (Phi) is 16.2. The van der Waals surface area contributed by atoms with E-state index in [4.69, 9.17) is 0 Å². The zero-order valence-corrected chi connectivity index (χ0v) is 9.07. The van der Waals surface area contributed by atoms with Gasteiger partial charge in [0.25, 0.3) is 0 Å². The monoisotopic (exact) mass is 265 g/mol. The fraction of sp³-hybridized carbons (Fsp3) is 0.250. The Hall–Kier alpha value is 0.662. The van der Waals surface area contributed by atoms with Gasteiger partial charge >= 0.3 is 27.3 Å². The molecule has 29 valence electrons. The van der Waals surface area contributed by atoms with Gasteiger partial charge in [-0.2, -0.15) is 0 Å². The standard InChI is InChI=1S/C4H7.Pb.2H/c1-3-4-2;;;/h3-4H,1H2,2H3;;;/b4-3+;;;. The zero-order valence-electron chi connectivity index (χ0n) is 3.57. The van der Waals surface area contributed by atoms with Gasteiger partial charge in [0.05, 0.1) is 0 Å². The molecule has 0 heterocycles. The van der Waals surface area contributed by atoms with Crippen molar-refractivity contribution < 1.29 is 0 Å². The van der Waals surface area contributed by atoms with Crippen LogP contribution in [0.5, 0.6) is 0 Å². The quantitative estimate of drug-likeness (QED) is 0.558. The maximum absolute atomic E-state index is 3.42. The first-order chi connectivity index (χ1) is 1.91. The molecule has 0 rings (SSSR count). The van der Waals surface area contributed by atoms with Crippen molar-refractivity contribution in [3.8, 4) is 0 Å². The van der Waals surface area contributed by atoms with Crippen molar-refractivity contribution in [2.24, 2.45) is 0 Å². The first kappa shape index (κ1) is 9.18. The Bertz CT molecular complexity index is 18.8. The second kappa shape index (κ2) is 8.82. The first-order valence-corrected chi connectivity index (χ1v) is 1.32. The van der Waals surface area contributed by atoms with Crippen LogP contribution in [0, 0.1) is 6.92 Å². The van der Waals surface area contributed by atoms with Crippen LogP contribution in [0.1, 0.15) is 6.92 Å². The molecule has 0 unspecified atom stereocenters. The molecule has 0 saturated heterocycles. The molecule has 0 spiro atoms. The minimum absolute atomic E-state index is 0. The molecule has 0 aromatic carbocycles. The average molecular weight is 264 g/mol. The third-order valence-corrected chi connectivity index (χ3v) is 0.236. The summed E-state index contributed by atoms with van der Waals surface area (Å²) in [5.74, 6) is 0. The second-order valence-electron chi connectivity index (χ2n) is 0.569. The van der Waals surface area contributed by atoms with Crippen LogP contribution in [0.2, 0.25) is 0 Å². The van der Waals surface area contributed by atoms with Gasteiger partial charge in [-0.15, -0.1) is 0 Å². The van der Waals surface area contributed by atoms with Gasteiger partial charge in [-0.3, -0.25) is 0 Å². The third-order valence-electron chi connectivity index (χ3n) is 0.236. The van der Waals surface area contributed by atoms with E-state index in [0.717, 1.165) is 0 Å². The molecule has 0 bridgehead atoms. The van der Waals surface area contributed by atoms with Crippen LogP contribution in [-0.4, -0.2) is 27.3 Å². The Balaban J connectivity index is 0. The van der Waals surface area contributed by atoms with Gasteiger partial charge in [0, 0.05) is 0 Å². The first-order valence-electron chi connectivity index (χ1n) is 1.32. The molecule has 0 aromatic heterocycles. The predicted octanol–water partition coefficient (Wildman–Crippen LogP) is 0.480. The molecular weight excluding hydrogens is 255 g/mol. The van der Waals surface area contributed by atoms with E-state index in [1.807, 2.05) is 13.0 Å². The van der Waals surface area contributed by atoms with Crippen molar-refractivity contribution in [1.29, 1.82) is 0 Å². The zero-order chi connectivity index (χ0) is 3.41. The Labute approximate surface area is 53.4 Å². The van der Waals surface area contributed by atoms with Gasteiger partial charge < -0.3 is 0 Å². The fourth-order valence-electron chi connectivity index (χ4n) is 0.